The van der Waals surface area contributed by atoms with Gasteiger partial charge in [-0.2, -0.15) is 0 Å². The summed E-state index contributed by atoms with van der Waals surface area (Å²) in [6, 6.07) is 25.5. The molecule has 1 atom stereocenters. The summed E-state index contributed by atoms with van der Waals surface area (Å²) in [5.74, 6) is 0.889. The number of rotatable bonds is 11. The van der Waals surface area contributed by atoms with Crippen molar-refractivity contribution < 1.29 is 9.59 Å². The molecule has 0 saturated carbocycles. The summed E-state index contributed by atoms with van der Waals surface area (Å²) in [6.45, 7) is 6.33. The Morgan fingerprint density at radius 1 is 0.914 bits per heavy atom. The van der Waals surface area contributed by atoms with Gasteiger partial charge in [0.15, 0.2) is 0 Å². The van der Waals surface area contributed by atoms with E-state index in [4.69, 9.17) is 0 Å². The molecule has 3 aromatic carbocycles. The van der Waals surface area contributed by atoms with Crippen LogP contribution in [-0.2, 0) is 28.3 Å². The number of benzene rings is 3. The zero-order valence-electron chi connectivity index (χ0n) is 20.5. The Morgan fingerprint density at radius 3 is 2.23 bits per heavy atom. The third-order valence-corrected chi connectivity index (χ3v) is 7.23. The number of nitrogens with one attached hydrogen (secondary N) is 1. The number of carbonyl (C=O) groups excluding carboxylic acids is 2. The van der Waals surface area contributed by atoms with E-state index in [9.17, 15) is 9.59 Å². The third kappa shape index (κ3) is 8.55. The molecule has 3 rings (SSSR count). The van der Waals surface area contributed by atoms with E-state index in [1.807, 2.05) is 87.5 Å². The van der Waals surface area contributed by atoms with Crippen molar-refractivity contribution in [1.82, 2.24) is 10.2 Å². The third-order valence-electron chi connectivity index (χ3n) is 5.71. The van der Waals surface area contributed by atoms with Gasteiger partial charge in [-0.1, -0.05) is 82.7 Å². The molecular weight excluding hydrogens is 520 g/mol. The molecule has 0 radical (unpaired) electrons. The highest BCUT2D eigenvalue weighted by atomic mass is 79.9. The number of aryl methyl sites for hydroxylation is 1. The Balaban J connectivity index is 1.85. The van der Waals surface area contributed by atoms with Gasteiger partial charge in [0, 0.05) is 29.2 Å². The molecule has 0 saturated heterocycles. The molecule has 2 amide bonds. The van der Waals surface area contributed by atoms with E-state index in [1.54, 1.807) is 16.7 Å². The van der Waals surface area contributed by atoms with E-state index in [0.717, 1.165) is 32.5 Å². The van der Waals surface area contributed by atoms with Crippen LogP contribution in [0.15, 0.2) is 83.3 Å². The zero-order valence-corrected chi connectivity index (χ0v) is 22.9. The maximum Gasteiger partial charge on any atom is 0.243 e. The van der Waals surface area contributed by atoms with Crippen molar-refractivity contribution in [2.24, 2.45) is 0 Å². The summed E-state index contributed by atoms with van der Waals surface area (Å²) in [6.07, 6.45) is 0.467. The maximum atomic E-state index is 13.6. The van der Waals surface area contributed by atoms with Crippen LogP contribution in [0.4, 0.5) is 0 Å². The molecule has 0 aliphatic rings. The standard InChI is InChI=1S/C29H33BrN2O2S/c1-21(2)31-29(34)27(17-23-10-5-4-6-11-23)32(18-25-12-8-7-9-22(25)3)28(33)20-35-19-24-13-15-26(30)16-14-24/h4-16,21,27H,17-20H2,1-3H3,(H,31,34)/t27-/m1/s1. The lowest BCUT2D eigenvalue weighted by atomic mass is 10.0. The largest absolute Gasteiger partial charge is 0.352 e. The number of thioether (sulfide) groups is 1. The van der Waals surface area contributed by atoms with Crippen LogP contribution in [0, 0.1) is 6.92 Å². The Labute approximate surface area is 221 Å². The van der Waals surface area contributed by atoms with Gasteiger partial charge in [0.25, 0.3) is 0 Å². The van der Waals surface area contributed by atoms with E-state index in [1.165, 1.54) is 0 Å². The van der Waals surface area contributed by atoms with Gasteiger partial charge < -0.3 is 10.2 Å². The molecule has 0 fully saturated rings. The molecule has 184 valence electrons. The Kier molecular flexibility index (Phi) is 10.4. The molecule has 3 aromatic rings. The number of carbonyl (C=O) groups is 2. The molecule has 6 heteroatoms. The monoisotopic (exact) mass is 552 g/mol. The van der Waals surface area contributed by atoms with Crippen LogP contribution < -0.4 is 5.32 Å². The van der Waals surface area contributed by atoms with Crippen molar-refractivity contribution in [1.29, 1.82) is 0 Å². The zero-order chi connectivity index (χ0) is 25.2. The molecule has 0 spiro atoms. The van der Waals surface area contributed by atoms with Crippen molar-refractivity contribution in [2.45, 2.75) is 51.6 Å². The minimum absolute atomic E-state index is 0.0111. The van der Waals surface area contributed by atoms with Gasteiger partial charge in [0.05, 0.1) is 5.75 Å². The first-order valence-corrected chi connectivity index (χ1v) is 13.8. The smallest absolute Gasteiger partial charge is 0.243 e. The number of amides is 2. The van der Waals surface area contributed by atoms with Gasteiger partial charge in [0.1, 0.15) is 6.04 Å². The molecule has 0 bridgehead atoms. The second-order valence-electron chi connectivity index (χ2n) is 8.94. The summed E-state index contributed by atoms with van der Waals surface area (Å²) in [5, 5.41) is 3.04. The topological polar surface area (TPSA) is 49.4 Å². The first kappa shape index (κ1) is 27.0. The molecule has 35 heavy (non-hydrogen) atoms. The molecule has 0 aliphatic heterocycles. The van der Waals surface area contributed by atoms with E-state index < -0.39 is 6.04 Å². The molecule has 4 nitrogen and oxygen atoms in total. The fourth-order valence-corrected chi connectivity index (χ4v) is 4.96. The van der Waals surface area contributed by atoms with Crippen molar-refractivity contribution in [3.8, 4) is 0 Å². The lowest BCUT2D eigenvalue weighted by Gasteiger charge is -2.32. The first-order valence-electron chi connectivity index (χ1n) is 11.8. The average molecular weight is 554 g/mol. The minimum atomic E-state index is -0.597. The highest BCUT2D eigenvalue weighted by Gasteiger charge is 2.30. The van der Waals surface area contributed by atoms with Gasteiger partial charge in [-0.3, -0.25) is 9.59 Å². The molecular formula is C29H33BrN2O2S. The quantitative estimate of drug-likeness (QED) is 0.310. The number of nitrogens with zero attached hydrogens (tertiary/aromatic N) is 1. The van der Waals surface area contributed by atoms with E-state index in [2.05, 4.69) is 33.4 Å². The molecule has 0 heterocycles. The highest BCUT2D eigenvalue weighted by molar-refractivity contribution is 9.10. The lowest BCUT2D eigenvalue weighted by Crippen LogP contribution is -2.52. The Bertz CT molecular complexity index is 1100. The summed E-state index contributed by atoms with van der Waals surface area (Å²) < 4.78 is 1.03. The summed E-state index contributed by atoms with van der Waals surface area (Å²) in [4.78, 5) is 28.8. The maximum absolute atomic E-state index is 13.6. The van der Waals surface area contributed by atoms with Crippen LogP contribution in [0.25, 0.3) is 0 Å². The van der Waals surface area contributed by atoms with Gasteiger partial charge in [-0.15, -0.1) is 11.8 Å². The van der Waals surface area contributed by atoms with Crippen LogP contribution in [0.1, 0.15) is 36.1 Å². The van der Waals surface area contributed by atoms with Crippen LogP contribution in [-0.4, -0.2) is 34.6 Å². The summed E-state index contributed by atoms with van der Waals surface area (Å²) >= 11 is 5.04. The van der Waals surface area contributed by atoms with Crippen molar-refractivity contribution in [3.05, 3.63) is 106 Å². The molecule has 0 unspecified atom stereocenters. The predicted molar refractivity (Wildman–Crippen MR) is 149 cm³/mol. The van der Waals surface area contributed by atoms with Crippen LogP contribution >= 0.6 is 27.7 Å². The molecule has 1 N–H and O–H groups in total. The average Bonchev–Trinajstić information content (AvgIpc) is 2.83. The fourth-order valence-electron chi connectivity index (χ4n) is 3.83. The second-order valence-corrected chi connectivity index (χ2v) is 10.8. The number of hydrogen-bond acceptors (Lipinski definition) is 3. The number of halogens is 1. The normalized spacial score (nSPS) is 11.8. The van der Waals surface area contributed by atoms with E-state index in [0.29, 0.717) is 18.7 Å². The Hall–Kier alpha value is -2.57. The SMILES string of the molecule is Cc1ccccc1CN(C(=O)CSCc1ccc(Br)cc1)[C@H](Cc1ccccc1)C(=O)NC(C)C. The van der Waals surface area contributed by atoms with E-state index in [-0.39, 0.29) is 17.9 Å². The van der Waals surface area contributed by atoms with Crippen molar-refractivity contribution >= 4 is 39.5 Å². The number of hydrogen-bond donors (Lipinski definition) is 1. The summed E-state index contributed by atoms with van der Waals surface area (Å²) in [5.41, 5.74) is 4.35. The van der Waals surface area contributed by atoms with E-state index >= 15 is 0 Å². The van der Waals surface area contributed by atoms with Crippen molar-refractivity contribution in [3.63, 3.8) is 0 Å². The lowest BCUT2D eigenvalue weighted by molar-refractivity contribution is -0.139. The summed E-state index contributed by atoms with van der Waals surface area (Å²) in [7, 11) is 0. The van der Waals surface area contributed by atoms with Gasteiger partial charge in [0.2, 0.25) is 11.8 Å². The highest BCUT2D eigenvalue weighted by Crippen LogP contribution is 2.20. The van der Waals surface area contributed by atoms with Crippen LogP contribution in [0.3, 0.4) is 0 Å². The van der Waals surface area contributed by atoms with Gasteiger partial charge in [-0.05, 0) is 55.2 Å². The second kappa shape index (κ2) is 13.5. The van der Waals surface area contributed by atoms with Gasteiger partial charge >= 0.3 is 0 Å². The first-order chi connectivity index (χ1) is 16.8. The van der Waals surface area contributed by atoms with Crippen LogP contribution in [0.5, 0.6) is 0 Å². The molecule has 0 aromatic heterocycles. The minimum Gasteiger partial charge on any atom is -0.352 e. The van der Waals surface area contributed by atoms with Crippen LogP contribution in [0.2, 0.25) is 0 Å². The fraction of sp³-hybridized carbons (Fsp3) is 0.310. The van der Waals surface area contributed by atoms with Crippen molar-refractivity contribution in [2.75, 3.05) is 5.75 Å². The Morgan fingerprint density at radius 2 is 1.57 bits per heavy atom. The molecule has 0 aliphatic carbocycles. The van der Waals surface area contributed by atoms with Gasteiger partial charge in [-0.25, -0.2) is 0 Å². The predicted octanol–water partition coefficient (Wildman–Crippen LogP) is 6.16.